The summed E-state index contributed by atoms with van der Waals surface area (Å²) >= 11 is 9.52. The summed E-state index contributed by atoms with van der Waals surface area (Å²) in [6.07, 6.45) is 2.67. The zero-order valence-electron chi connectivity index (χ0n) is 10.8. The van der Waals surface area contributed by atoms with Gasteiger partial charge in [0.15, 0.2) is 0 Å². The van der Waals surface area contributed by atoms with Crippen LogP contribution in [0.15, 0.2) is 22.7 Å². The van der Waals surface area contributed by atoms with Gasteiger partial charge in [-0.2, -0.15) is 0 Å². The summed E-state index contributed by atoms with van der Waals surface area (Å²) in [6.45, 7) is 4.52. The number of halogens is 2. The minimum atomic E-state index is 0.465. The molecular formula is C14H17BrClN3. The number of nitrogens with zero attached hydrogens (tertiary/aromatic N) is 3. The van der Waals surface area contributed by atoms with Crippen molar-refractivity contribution in [3.63, 3.8) is 0 Å². The Morgan fingerprint density at radius 1 is 1.21 bits per heavy atom. The first-order valence-corrected chi connectivity index (χ1v) is 8.03. The molecule has 1 aromatic carbocycles. The number of aromatic nitrogens is 2. The molecule has 0 spiro atoms. The molecule has 0 atom stereocenters. The molecule has 1 aliphatic rings. The fourth-order valence-electron chi connectivity index (χ4n) is 2.75. The number of rotatable bonds is 4. The highest BCUT2D eigenvalue weighted by Gasteiger charge is 2.14. The Morgan fingerprint density at radius 3 is 2.74 bits per heavy atom. The zero-order valence-corrected chi connectivity index (χ0v) is 13.1. The maximum absolute atomic E-state index is 6.03. The molecular weight excluding hydrogens is 326 g/mol. The van der Waals surface area contributed by atoms with Gasteiger partial charge in [-0.3, -0.25) is 0 Å². The van der Waals surface area contributed by atoms with Crippen LogP contribution in [0.2, 0.25) is 0 Å². The summed E-state index contributed by atoms with van der Waals surface area (Å²) in [6, 6.07) is 6.23. The molecule has 5 heteroatoms. The molecule has 0 N–H and O–H groups in total. The molecule has 1 saturated heterocycles. The molecule has 0 bridgehead atoms. The van der Waals surface area contributed by atoms with E-state index in [1.54, 1.807) is 0 Å². The van der Waals surface area contributed by atoms with E-state index in [0.29, 0.717) is 5.88 Å². The third kappa shape index (κ3) is 2.81. The van der Waals surface area contributed by atoms with Gasteiger partial charge in [0.25, 0.3) is 0 Å². The SMILES string of the molecule is ClCc1nc2cc(Br)ccc2n1CCN1CCCC1. The molecule has 102 valence electrons. The fourth-order valence-corrected chi connectivity index (χ4v) is 3.31. The van der Waals surface area contributed by atoms with Crippen LogP contribution in [0, 0.1) is 0 Å². The van der Waals surface area contributed by atoms with E-state index >= 15 is 0 Å². The largest absolute Gasteiger partial charge is 0.326 e. The number of likely N-dealkylation sites (tertiary alicyclic amines) is 1. The number of benzene rings is 1. The van der Waals surface area contributed by atoms with Crippen LogP contribution in [0.25, 0.3) is 11.0 Å². The third-order valence-corrected chi connectivity index (χ3v) is 4.48. The van der Waals surface area contributed by atoms with Gasteiger partial charge in [-0.05, 0) is 44.1 Å². The Bertz CT molecular complexity index is 575. The molecule has 0 saturated carbocycles. The maximum atomic E-state index is 6.03. The van der Waals surface area contributed by atoms with Gasteiger partial charge < -0.3 is 9.47 Å². The monoisotopic (exact) mass is 341 g/mol. The van der Waals surface area contributed by atoms with Gasteiger partial charge in [-0.1, -0.05) is 15.9 Å². The first-order valence-electron chi connectivity index (χ1n) is 6.71. The van der Waals surface area contributed by atoms with Crippen LogP contribution in [-0.2, 0) is 12.4 Å². The van der Waals surface area contributed by atoms with E-state index in [0.717, 1.165) is 28.9 Å². The van der Waals surface area contributed by atoms with Crippen LogP contribution in [0.1, 0.15) is 18.7 Å². The van der Waals surface area contributed by atoms with Gasteiger partial charge in [0.1, 0.15) is 5.82 Å². The van der Waals surface area contributed by atoms with Crippen LogP contribution >= 0.6 is 27.5 Å². The van der Waals surface area contributed by atoms with Gasteiger partial charge in [-0.25, -0.2) is 4.98 Å². The quantitative estimate of drug-likeness (QED) is 0.791. The number of imidazole rings is 1. The predicted octanol–water partition coefficient (Wildman–Crippen LogP) is 3.63. The van der Waals surface area contributed by atoms with Gasteiger partial charge in [-0.15, -0.1) is 11.6 Å². The summed E-state index contributed by atoms with van der Waals surface area (Å²) < 4.78 is 3.32. The van der Waals surface area contributed by atoms with E-state index in [4.69, 9.17) is 11.6 Å². The normalized spacial score (nSPS) is 16.5. The topological polar surface area (TPSA) is 21.1 Å². The molecule has 2 heterocycles. The van der Waals surface area contributed by atoms with Gasteiger partial charge >= 0.3 is 0 Å². The highest BCUT2D eigenvalue weighted by atomic mass is 79.9. The standard InChI is InChI=1S/C14H17BrClN3/c15-11-3-4-13-12(9-11)17-14(10-16)19(13)8-7-18-5-1-2-6-18/h3-4,9H,1-2,5-8,10H2. The van der Waals surface area contributed by atoms with Crippen LogP contribution < -0.4 is 0 Å². The van der Waals surface area contributed by atoms with Gasteiger partial charge in [0, 0.05) is 17.6 Å². The van der Waals surface area contributed by atoms with E-state index in [-0.39, 0.29) is 0 Å². The van der Waals surface area contributed by atoms with E-state index in [2.05, 4.69) is 48.6 Å². The smallest absolute Gasteiger partial charge is 0.124 e. The number of hydrogen-bond acceptors (Lipinski definition) is 2. The van der Waals surface area contributed by atoms with Crippen molar-refractivity contribution in [3.05, 3.63) is 28.5 Å². The van der Waals surface area contributed by atoms with Crippen molar-refractivity contribution in [2.24, 2.45) is 0 Å². The van der Waals surface area contributed by atoms with E-state index in [9.17, 15) is 0 Å². The van der Waals surface area contributed by atoms with Crippen molar-refractivity contribution in [3.8, 4) is 0 Å². The van der Waals surface area contributed by atoms with Gasteiger partial charge in [0.05, 0.1) is 16.9 Å². The average Bonchev–Trinajstić information content (AvgIpc) is 3.02. The summed E-state index contributed by atoms with van der Waals surface area (Å²) in [5, 5.41) is 0. The number of hydrogen-bond donors (Lipinski definition) is 0. The Kier molecular flexibility index (Phi) is 4.10. The molecule has 3 nitrogen and oxygen atoms in total. The molecule has 0 radical (unpaired) electrons. The van der Waals surface area contributed by atoms with E-state index < -0.39 is 0 Å². The number of alkyl halides is 1. The van der Waals surface area contributed by atoms with Crippen LogP contribution in [-0.4, -0.2) is 34.1 Å². The third-order valence-electron chi connectivity index (χ3n) is 3.75. The van der Waals surface area contributed by atoms with Crippen LogP contribution in [0.5, 0.6) is 0 Å². The number of fused-ring (bicyclic) bond motifs is 1. The molecule has 0 aliphatic carbocycles. The summed E-state index contributed by atoms with van der Waals surface area (Å²) in [5.74, 6) is 1.43. The zero-order chi connectivity index (χ0) is 13.2. The van der Waals surface area contributed by atoms with E-state index in [1.165, 1.54) is 31.4 Å². The Hall–Kier alpha value is -0.580. The molecule has 0 unspecified atom stereocenters. The minimum absolute atomic E-state index is 0.465. The van der Waals surface area contributed by atoms with Crippen LogP contribution in [0.4, 0.5) is 0 Å². The highest BCUT2D eigenvalue weighted by molar-refractivity contribution is 9.10. The molecule has 1 aromatic heterocycles. The van der Waals surface area contributed by atoms with Crippen molar-refractivity contribution >= 4 is 38.6 Å². The Morgan fingerprint density at radius 2 is 2.00 bits per heavy atom. The summed E-state index contributed by atoms with van der Waals surface area (Å²) in [7, 11) is 0. The second-order valence-electron chi connectivity index (χ2n) is 5.00. The highest BCUT2D eigenvalue weighted by Crippen LogP contribution is 2.22. The molecule has 19 heavy (non-hydrogen) atoms. The lowest BCUT2D eigenvalue weighted by atomic mass is 10.3. The Balaban J connectivity index is 1.87. The lowest BCUT2D eigenvalue weighted by Gasteiger charge is -2.16. The minimum Gasteiger partial charge on any atom is -0.326 e. The van der Waals surface area contributed by atoms with Gasteiger partial charge in [0.2, 0.25) is 0 Å². The average molecular weight is 343 g/mol. The van der Waals surface area contributed by atoms with Crippen molar-refractivity contribution in [1.82, 2.24) is 14.5 Å². The Labute approximate surface area is 126 Å². The van der Waals surface area contributed by atoms with Crippen LogP contribution in [0.3, 0.4) is 0 Å². The summed E-state index contributed by atoms with van der Waals surface area (Å²) in [4.78, 5) is 7.14. The molecule has 0 amide bonds. The predicted molar refractivity (Wildman–Crippen MR) is 82.7 cm³/mol. The fraction of sp³-hybridized carbons (Fsp3) is 0.500. The van der Waals surface area contributed by atoms with Crippen molar-refractivity contribution in [1.29, 1.82) is 0 Å². The molecule has 1 fully saturated rings. The maximum Gasteiger partial charge on any atom is 0.124 e. The van der Waals surface area contributed by atoms with Crippen molar-refractivity contribution in [2.75, 3.05) is 19.6 Å². The molecule has 3 rings (SSSR count). The molecule has 2 aromatic rings. The first-order chi connectivity index (χ1) is 9.28. The lowest BCUT2D eigenvalue weighted by Crippen LogP contribution is -2.24. The second kappa shape index (κ2) is 5.81. The summed E-state index contributed by atoms with van der Waals surface area (Å²) in [5.41, 5.74) is 2.20. The van der Waals surface area contributed by atoms with E-state index in [1.807, 2.05) is 0 Å². The molecule has 1 aliphatic heterocycles. The first kappa shape index (κ1) is 13.4. The van der Waals surface area contributed by atoms with Crippen molar-refractivity contribution in [2.45, 2.75) is 25.3 Å². The lowest BCUT2D eigenvalue weighted by molar-refractivity contribution is 0.323. The van der Waals surface area contributed by atoms with Crippen molar-refractivity contribution < 1.29 is 0 Å². The second-order valence-corrected chi connectivity index (χ2v) is 6.18.